The summed E-state index contributed by atoms with van der Waals surface area (Å²) in [6.07, 6.45) is 0. The van der Waals surface area contributed by atoms with Gasteiger partial charge in [0.1, 0.15) is 17.4 Å². The fourth-order valence-corrected chi connectivity index (χ4v) is 0.948. The smallest absolute Gasteiger partial charge is 0.344 e. The number of nitriles is 1. The van der Waals surface area contributed by atoms with Crippen LogP contribution in [0.2, 0.25) is 0 Å². The van der Waals surface area contributed by atoms with E-state index in [1.54, 1.807) is 6.07 Å². The number of hydrogen-bond acceptors (Lipinski definition) is 4. The molecule has 0 bridgehead atoms. The molecule has 0 heterocycles. The van der Waals surface area contributed by atoms with Crippen molar-refractivity contribution >= 4 is 5.97 Å². The number of nitrogens with zero attached hydrogens (tertiary/aromatic N) is 1. The van der Waals surface area contributed by atoms with Crippen LogP contribution in [0, 0.1) is 17.1 Å². The van der Waals surface area contributed by atoms with E-state index in [2.05, 4.69) is 4.74 Å². The van der Waals surface area contributed by atoms with Crippen molar-refractivity contribution in [2.24, 2.45) is 0 Å². The average molecular weight is 195 g/mol. The molecule has 1 N–H and O–H groups in total. The number of rotatable bonds is 1. The van der Waals surface area contributed by atoms with Crippen molar-refractivity contribution < 1.29 is 19.0 Å². The van der Waals surface area contributed by atoms with Crippen molar-refractivity contribution in [2.75, 3.05) is 7.11 Å². The lowest BCUT2D eigenvalue weighted by molar-refractivity contribution is 0.0592. The van der Waals surface area contributed by atoms with Gasteiger partial charge in [-0.2, -0.15) is 5.26 Å². The maximum absolute atomic E-state index is 13.3. The van der Waals surface area contributed by atoms with Crippen LogP contribution in [0.4, 0.5) is 4.39 Å². The average Bonchev–Trinajstić information content (AvgIpc) is 2.18. The maximum atomic E-state index is 13.3. The molecule has 1 aromatic carbocycles. The Morgan fingerprint density at radius 1 is 1.64 bits per heavy atom. The summed E-state index contributed by atoms with van der Waals surface area (Å²) in [5, 5.41) is 17.6. The quantitative estimate of drug-likeness (QED) is 0.683. The van der Waals surface area contributed by atoms with Gasteiger partial charge in [-0.05, 0) is 12.1 Å². The molecule has 0 saturated heterocycles. The van der Waals surface area contributed by atoms with E-state index < -0.39 is 23.1 Å². The number of esters is 1. The summed E-state index contributed by atoms with van der Waals surface area (Å²) < 4.78 is 17.5. The predicted octanol–water partition coefficient (Wildman–Crippen LogP) is 1.19. The highest BCUT2D eigenvalue weighted by Gasteiger charge is 2.20. The number of benzene rings is 1. The molecule has 0 saturated carbocycles. The van der Waals surface area contributed by atoms with Gasteiger partial charge in [0.15, 0.2) is 5.82 Å². The minimum Gasteiger partial charge on any atom is -0.507 e. The highest BCUT2D eigenvalue weighted by atomic mass is 19.1. The van der Waals surface area contributed by atoms with Gasteiger partial charge in [0.2, 0.25) is 0 Å². The molecule has 0 fully saturated rings. The molecule has 0 spiro atoms. The molecule has 0 amide bonds. The van der Waals surface area contributed by atoms with Crippen molar-refractivity contribution in [1.29, 1.82) is 5.26 Å². The van der Waals surface area contributed by atoms with Crippen LogP contribution < -0.4 is 0 Å². The molecule has 5 heteroatoms. The lowest BCUT2D eigenvalue weighted by Crippen LogP contribution is -2.06. The molecule has 0 aromatic heterocycles. The van der Waals surface area contributed by atoms with Crippen molar-refractivity contribution in [3.63, 3.8) is 0 Å². The van der Waals surface area contributed by atoms with Crippen molar-refractivity contribution in [2.45, 2.75) is 0 Å². The van der Waals surface area contributed by atoms with Gasteiger partial charge in [-0.25, -0.2) is 9.18 Å². The summed E-state index contributed by atoms with van der Waals surface area (Å²) in [4.78, 5) is 11.0. The molecule has 1 rings (SSSR count). The van der Waals surface area contributed by atoms with Gasteiger partial charge in [-0.3, -0.25) is 0 Å². The van der Waals surface area contributed by atoms with Crippen LogP contribution in [-0.2, 0) is 4.74 Å². The largest absolute Gasteiger partial charge is 0.507 e. The lowest BCUT2D eigenvalue weighted by atomic mass is 10.1. The Morgan fingerprint density at radius 2 is 2.29 bits per heavy atom. The van der Waals surface area contributed by atoms with E-state index in [0.29, 0.717) is 0 Å². The second kappa shape index (κ2) is 3.75. The highest BCUT2D eigenvalue weighted by Crippen LogP contribution is 2.23. The number of methoxy groups -OCH3 is 1. The standard InChI is InChI=1S/C9H6FNO3/c1-14-9(13)7-6(12)3-2-5(4-11)8(7)10/h2-3,12H,1H3. The summed E-state index contributed by atoms with van der Waals surface area (Å²) in [5.74, 6) is -2.63. The van der Waals surface area contributed by atoms with E-state index in [-0.39, 0.29) is 5.56 Å². The Hall–Kier alpha value is -2.09. The van der Waals surface area contributed by atoms with Crippen molar-refractivity contribution in [3.8, 4) is 11.8 Å². The van der Waals surface area contributed by atoms with E-state index in [0.717, 1.165) is 19.2 Å². The zero-order valence-corrected chi connectivity index (χ0v) is 7.24. The summed E-state index contributed by atoms with van der Waals surface area (Å²) in [7, 11) is 1.06. The van der Waals surface area contributed by atoms with E-state index >= 15 is 0 Å². The normalized spacial score (nSPS) is 9.21. The number of phenols is 1. The summed E-state index contributed by atoms with van der Waals surface area (Å²) in [6, 6.07) is 3.69. The SMILES string of the molecule is COC(=O)c1c(O)ccc(C#N)c1F. The predicted molar refractivity (Wildman–Crippen MR) is 44.1 cm³/mol. The van der Waals surface area contributed by atoms with Gasteiger partial charge in [-0.15, -0.1) is 0 Å². The molecular formula is C9H6FNO3. The zero-order chi connectivity index (χ0) is 10.7. The third-order valence-corrected chi connectivity index (χ3v) is 1.63. The first-order chi connectivity index (χ1) is 6.61. The first-order valence-electron chi connectivity index (χ1n) is 3.61. The highest BCUT2D eigenvalue weighted by molar-refractivity contribution is 5.93. The minimum absolute atomic E-state index is 0.316. The number of halogens is 1. The fraction of sp³-hybridized carbons (Fsp3) is 0.111. The van der Waals surface area contributed by atoms with Crippen LogP contribution in [0.3, 0.4) is 0 Å². The summed E-state index contributed by atoms with van der Waals surface area (Å²) in [6.45, 7) is 0. The molecule has 72 valence electrons. The molecule has 0 radical (unpaired) electrons. The Kier molecular flexibility index (Phi) is 2.67. The van der Waals surface area contributed by atoms with E-state index in [1.165, 1.54) is 0 Å². The molecular weight excluding hydrogens is 189 g/mol. The van der Waals surface area contributed by atoms with Gasteiger partial charge in [0.05, 0.1) is 12.7 Å². The zero-order valence-electron chi connectivity index (χ0n) is 7.24. The third-order valence-electron chi connectivity index (χ3n) is 1.63. The summed E-state index contributed by atoms with van der Waals surface area (Å²) >= 11 is 0. The van der Waals surface area contributed by atoms with Crippen LogP contribution in [0.25, 0.3) is 0 Å². The van der Waals surface area contributed by atoms with Gasteiger partial charge >= 0.3 is 5.97 Å². The van der Waals surface area contributed by atoms with E-state index in [1.807, 2.05) is 0 Å². The second-order valence-electron chi connectivity index (χ2n) is 2.42. The monoisotopic (exact) mass is 195 g/mol. The Labute approximate surface area is 79.2 Å². The summed E-state index contributed by atoms with van der Waals surface area (Å²) in [5.41, 5.74) is -0.935. The Bertz CT molecular complexity index is 423. The first kappa shape index (κ1) is 9.99. The van der Waals surface area contributed by atoms with Crippen LogP contribution in [-0.4, -0.2) is 18.2 Å². The number of phenolic OH excluding ortho intramolecular Hbond substituents is 1. The fourth-order valence-electron chi connectivity index (χ4n) is 0.948. The number of aromatic hydroxyl groups is 1. The number of carbonyl (C=O) groups is 1. The van der Waals surface area contributed by atoms with E-state index in [9.17, 15) is 9.18 Å². The molecule has 0 aliphatic rings. The number of ether oxygens (including phenoxy) is 1. The Balaban J connectivity index is 3.42. The maximum Gasteiger partial charge on any atom is 0.344 e. The van der Waals surface area contributed by atoms with Crippen LogP contribution in [0.1, 0.15) is 15.9 Å². The minimum atomic E-state index is -1.07. The lowest BCUT2D eigenvalue weighted by Gasteiger charge is -2.04. The molecule has 0 unspecified atom stereocenters. The first-order valence-corrected chi connectivity index (χ1v) is 3.61. The number of hydrogen-bond donors (Lipinski definition) is 1. The van der Waals surface area contributed by atoms with Crippen LogP contribution in [0.15, 0.2) is 12.1 Å². The molecule has 0 aliphatic heterocycles. The molecule has 0 atom stereocenters. The van der Waals surface area contributed by atoms with Crippen molar-refractivity contribution in [3.05, 3.63) is 29.1 Å². The molecule has 14 heavy (non-hydrogen) atoms. The molecule has 4 nitrogen and oxygen atoms in total. The van der Waals surface area contributed by atoms with Crippen LogP contribution >= 0.6 is 0 Å². The topological polar surface area (TPSA) is 70.3 Å². The Morgan fingerprint density at radius 3 is 2.79 bits per heavy atom. The van der Waals surface area contributed by atoms with Gasteiger partial charge in [-0.1, -0.05) is 0 Å². The second-order valence-corrected chi connectivity index (χ2v) is 2.42. The van der Waals surface area contributed by atoms with Crippen molar-refractivity contribution in [1.82, 2.24) is 0 Å². The van der Waals surface area contributed by atoms with Gasteiger partial charge in [0, 0.05) is 0 Å². The third kappa shape index (κ3) is 1.50. The molecule has 1 aromatic rings. The van der Waals surface area contributed by atoms with E-state index in [4.69, 9.17) is 10.4 Å². The number of carbonyl (C=O) groups excluding carboxylic acids is 1. The van der Waals surface area contributed by atoms with Crippen LogP contribution in [0.5, 0.6) is 5.75 Å². The molecule has 0 aliphatic carbocycles. The van der Waals surface area contributed by atoms with Gasteiger partial charge < -0.3 is 9.84 Å². The van der Waals surface area contributed by atoms with Gasteiger partial charge in [0.25, 0.3) is 0 Å².